The Balaban J connectivity index is 1.25. The summed E-state index contributed by atoms with van der Waals surface area (Å²) < 4.78 is 19.4. The number of nitrogens with zero attached hydrogens (tertiary/aromatic N) is 5. The van der Waals surface area contributed by atoms with Gasteiger partial charge in [-0.25, -0.2) is 9.37 Å². The first-order valence-corrected chi connectivity index (χ1v) is 11.5. The maximum absolute atomic E-state index is 14.3. The third-order valence-electron chi connectivity index (χ3n) is 6.92. The van der Waals surface area contributed by atoms with Crippen LogP contribution in [0.4, 0.5) is 4.39 Å². The van der Waals surface area contributed by atoms with Gasteiger partial charge in [-0.3, -0.25) is 14.7 Å². The number of piperidine rings is 1. The third kappa shape index (κ3) is 4.45. The van der Waals surface area contributed by atoms with E-state index in [4.69, 9.17) is 4.74 Å². The Hall–Kier alpha value is -3.89. The Morgan fingerprint density at radius 2 is 2.17 bits per heavy atom. The van der Waals surface area contributed by atoms with E-state index in [1.807, 2.05) is 17.9 Å². The molecule has 182 valence electrons. The van der Waals surface area contributed by atoms with Gasteiger partial charge in [-0.1, -0.05) is 0 Å². The summed E-state index contributed by atoms with van der Waals surface area (Å²) in [4.78, 5) is 31.9. The lowest BCUT2D eigenvalue weighted by Gasteiger charge is -2.39. The fraction of sp³-hybridized carbons (Fsp3) is 0.417. The van der Waals surface area contributed by atoms with Crippen molar-refractivity contribution >= 4 is 11.8 Å². The molecule has 0 unspecified atom stereocenters. The molecule has 10 nitrogen and oxygen atoms in total. The van der Waals surface area contributed by atoms with E-state index in [1.165, 1.54) is 19.2 Å². The van der Waals surface area contributed by atoms with E-state index < -0.39 is 5.82 Å². The Morgan fingerprint density at radius 3 is 2.91 bits per heavy atom. The lowest BCUT2D eigenvalue weighted by atomic mass is 9.88. The van der Waals surface area contributed by atoms with Crippen LogP contribution in [0.15, 0.2) is 30.6 Å². The number of aromatic amines is 1. The minimum absolute atomic E-state index is 0.0284. The summed E-state index contributed by atoms with van der Waals surface area (Å²) in [5.74, 6) is -0.701. The summed E-state index contributed by atoms with van der Waals surface area (Å²) >= 11 is 0. The Bertz CT molecular complexity index is 1270. The average molecular weight is 480 g/mol. The minimum atomic E-state index is -0.557. The Labute approximate surface area is 201 Å². The molecule has 1 saturated heterocycles. The van der Waals surface area contributed by atoms with Crippen LogP contribution < -0.4 is 10.1 Å². The van der Waals surface area contributed by atoms with Crippen LogP contribution in [-0.2, 0) is 11.3 Å². The molecule has 4 heterocycles. The van der Waals surface area contributed by atoms with Gasteiger partial charge in [0, 0.05) is 35.8 Å². The molecule has 2 amide bonds. The summed E-state index contributed by atoms with van der Waals surface area (Å²) in [5, 5.41) is 17.8. The molecule has 3 aromatic heterocycles. The van der Waals surface area contributed by atoms with E-state index in [2.05, 4.69) is 30.7 Å². The monoisotopic (exact) mass is 479 g/mol. The number of carbonyl (C=O) groups excluding carboxylic acids is 2. The summed E-state index contributed by atoms with van der Waals surface area (Å²) in [5.41, 5.74) is 2.17. The number of ether oxygens (including phenoxy) is 1. The molecular weight excluding hydrogens is 453 g/mol. The standard InChI is InChI=1S/C24H26FN7O3/c1-14-3-7-28-29-20(14)13-27-22(33)15-4-8-32(24(11-15)5-6-24)23(34)19-10-18(30-31-19)16-9-21(35-2)26-12-17(16)25/h3,7,9-10,12,15H,4-6,8,11,13H2,1-2H3,(H,27,33)(H,30,31)/t15-/m0/s1. The zero-order valence-electron chi connectivity index (χ0n) is 19.5. The number of amides is 2. The fourth-order valence-corrected chi connectivity index (χ4v) is 4.71. The summed E-state index contributed by atoms with van der Waals surface area (Å²) in [6.45, 7) is 2.73. The van der Waals surface area contributed by atoms with Gasteiger partial charge < -0.3 is 15.0 Å². The highest BCUT2D eigenvalue weighted by atomic mass is 19.1. The molecule has 0 aromatic carbocycles. The van der Waals surface area contributed by atoms with E-state index in [1.54, 1.807) is 6.20 Å². The SMILES string of the molecule is COc1cc(-c2cc(C(=O)N3CC[C@H](C(=O)NCc4nnccc4C)CC34CC4)[nH]n2)c(F)cn1. The number of methoxy groups -OCH3 is 1. The molecule has 2 aliphatic rings. The van der Waals surface area contributed by atoms with Gasteiger partial charge in [0.2, 0.25) is 11.8 Å². The number of pyridine rings is 1. The fourth-order valence-electron chi connectivity index (χ4n) is 4.71. The van der Waals surface area contributed by atoms with Gasteiger partial charge in [-0.15, -0.1) is 0 Å². The molecule has 11 heteroatoms. The third-order valence-corrected chi connectivity index (χ3v) is 6.92. The highest BCUT2D eigenvalue weighted by Crippen LogP contribution is 2.50. The van der Waals surface area contributed by atoms with Crippen molar-refractivity contribution in [3.63, 3.8) is 0 Å². The highest BCUT2D eigenvalue weighted by Gasteiger charge is 2.54. The van der Waals surface area contributed by atoms with Crippen molar-refractivity contribution in [2.45, 2.75) is 44.7 Å². The zero-order valence-corrected chi connectivity index (χ0v) is 19.5. The molecule has 2 fully saturated rings. The first kappa shape index (κ1) is 22.9. The zero-order chi connectivity index (χ0) is 24.6. The second kappa shape index (κ2) is 9.05. The number of hydrogen-bond donors (Lipinski definition) is 2. The maximum atomic E-state index is 14.3. The minimum Gasteiger partial charge on any atom is -0.481 e. The van der Waals surface area contributed by atoms with Crippen molar-refractivity contribution < 1.29 is 18.7 Å². The van der Waals surface area contributed by atoms with Crippen LogP contribution >= 0.6 is 0 Å². The van der Waals surface area contributed by atoms with Crippen LogP contribution in [0.1, 0.15) is 47.4 Å². The summed E-state index contributed by atoms with van der Waals surface area (Å²) in [7, 11) is 1.44. The Morgan fingerprint density at radius 1 is 1.34 bits per heavy atom. The largest absolute Gasteiger partial charge is 0.481 e. The molecule has 1 spiro atoms. The number of carbonyl (C=O) groups is 2. The van der Waals surface area contributed by atoms with Crippen molar-refractivity contribution in [1.29, 1.82) is 0 Å². The molecule has 3 aromatic rings. The number of hydrogen-bond acceptors (Lipinski definition) is 7. The molecule has 1 aliphatic carbocycles. The lowest BCUT2D eigenvalue weighted by Crippen LogP contribution is -2.50. The molecular formula is C24H26FN7O3. The quantitative estimate of drug-likeness (QED) is 0.556. The van der Waals surface area contributed by atoms with E-state index in [-0.39, 0.29) is 40.4 Å². The molecule has 1 saturated carbocycles. The second-order valence-electron chi connectivity index (χ2n) is 9.12. The number of H-pyrrole nitrogens is 1. The number of nitrogens with one attached hydrogen (secondary N) is 2. The number of likely N-dealkylation sites (tertiary alicyclic amines) is 1. The van der Waals surface area contributed by atoms with Crippen molar-refractivity contribution in [2.24, 2.45) is 5.92 Å². The first-order valence-electron chi connectivity index (χ1n) is 11.5. The van der Waals surface area contributed by atoms with Gasteiger partial charge in [0.05, 0.1) is 31.2 Å². The number of halogens is 1. The van der Waals surface area contributed by atoms with E-state index in [9.17, 15) is 14.0 Å². The summed E-state index contributed by atoms with van der Waals surface area (Å²) in [6.07, 6.45) is 5.56. The van der Waals surface area contributed by atoms with E-state index in [0.29, 0.717) is 31.6 Å². The van der Waals surface area contributed by atoms with Gasteiger partial charge in [0.1, 0.15) is 5.69 Å². The van der Waals surface area contributed by atoms with Gasteiger partial charge in [-0.2, -0.15) is 15.3 Å². The topological polar surface area (TPSA) is 126 Å². The van der Waals surface area contributed by atoms with Gasteiger partial charge >= 0.3 is 0 Å². The van der Waals surface area contributed by atoms with E-state index >= 15 is 0 Å². The normalized spacial score (nSPS) is 18.4. The molecule has 1 atom stereocenters. The summed E-state index contributed by atoms with van der Waals surface area (Å²) in [6, 6.07) is 4.84. The highest BCUT2D eigenvalue weighted by molar-refractivity contribution is 5.94. The van der Waals surface area contributed by atoms with Crippen LogP contribution in [0.3, 0.4) is 0 Å². The Kier molecular flexibility index (Phi) is 5.91. The predicted molar refractivity (Wildman–Crippen MR) is 123 cm³/mol. The first-order chi connectivity index (χ1) is 16.9. The lowest BCUT2D eigenvalue weighted by molar-refractivity contribution is -0.127. The van der Waals surface area contributed by atoms with Gasteiger partial charge in [-0.05, 0) is 50.3 Å². The van der Waals surface area contributed by atoms with Crippen LogP contribution in [0, 0.1) is 18.7 Å². The van der Waals surface area contributed by atoms with Gasteiger partial charge in [0.25, 0.3) is 5.91 Å². The second-order valence-corrected chi connectivity index (χ2v) is 9.12. The molecule has 2 N–H and O–H groups in total. The number of aromatic nitrogens is 5. The molecule has 5 rings (SSSR count). The predicted octanol–water partition coefficient (Wildman–Crippen LogP) is 2.42. The van der Waals surface area contributed by atoms with Crippen molar-refractivity contribution in [3.05, 3.63) is 53.4 Å². The van der Waals surface area contributed by atoms with Crippen LogP contribution in [0.25, 0.3) is 11.3 Å². The van der Waals surface area contributed by atoms with Crippen LogP contribution in [0.5, 0.6) is 5.88 Å². The molecule has 35 heavy (non-hydrogen) atoms. The maximum Gasteiger partial charge on any atom is 0.272 e. The number of rotatable bonds is 6. The van der Waals surface area contributed by atoms with Crippen LogP contribution in [0.2, 0.25) is 0 Å². The molecule has 1 aliphatic heterocycles. The van der Waals surface area contributed by atoms with E-state index in [0.717, 1.165) is 30.3 Å². The molecule has 0 radical (unpaired) electrons. The van der Waals surface area contributed by atoms with Crippen molar-refractivity contribution in [2.75, 3.05) is 13.7 Å². The van der Waals surface area contributed by atoms with Gasteiger partial charge in [0.15, 0.2) is 5.82 Å². The van der Waals surface area contributed by atoms with Crippen molar-refractivity contribution in [3.8, 4) is 17.1 Å². The van der Waals surface area contributed by atoms with Crippen LogP contribution in [-0.4, -0.2) is 61.3 Å². The number of aryl methyl sites for hydroxylation is 1. The smallest absolute Gasteiger partial charge is 0.272 e. The molecule has 0 bridgehead atoms. The van der Waals surface area contributed by atoms with Crippen molar-refractivity contribution in [1.82, 2.24) is 35.6 Å². The average Bonchev–Trinajstić information content (AvgIpc) is 3.44.